The largest absolute Gasteiger partial charge is 0.569 e. The van der Waals surface area contributed by atoms with E-state index in [1.54, 1.807) is 6.92 Å². The predicted molar refractivity (Wildman–Crippen MR) is 106 cm³/mol. The number of unbranched alkanes of at least 4 members (excludes halogenated alkanes) is 5. The quantitative estimate of drug-likeness (QED) is 0.143. The standard InChI is InChI=1S/C10H20O2.C9H19N3O4/c1-3-5-6-7-8-9-12-10(11)4-2;1-3-5-6-11(12(15)10-14)7-8-16-9(13)4-2/h3-9H2,1-2H3;14H,3-8H2,1-2H3/b;12-10-. The molecule has 0 aliphatic rings. The van der Waals surface area contributed by atoms with Gasteiger partial charge in [0, 0.05) is 12.8 Å². The first-order valence-corrected chi connectivity index (χ1v) is 10.3. The van der Waals surface area contributed by atoms with Crippen molar-refractivity contribution >= 4 is 11.9 Å². The fraction of sp³-hybridized carbons (Fsp3) is 0.895. The fourth-order valence-electron chi connectivity index (χ4n) is 2.04. The van der Waals surface area contributed by atoms with Crippen LogP contribution in [0.3, 0.4) is 0 Å². The second-order valence-electron chi connectivity index (χ2n) is 6.21. The Morgan fingerprint density at radius 1 is 0.857 bits per heavy atom. The molecule has 0 aliphatic carbocycles. The Hall–Kier alpha value is -2.06. The number of rotatable bonds is 15. The molecule has 0 bridgehead atoms. The van der Waals surface area contributed by atoms with Gasteiger partial charge in [-0.1, -0.05) is 59.8 Å². The Bertz CT molecular complexity index is 418. The first-order valence-electron chi connectivity index (χ1n) is 10.3. The van der Waals surface area contributed by atoms with Crippen molar-refractivity contribution < 1.29 is 29.2 Å². The number of nitrogens with zero attached hydrogens (tertiary/aromatic N) is 3. The van der Waals surface area contributed by atoms with Crippen molar-refractivity contribution in [2.45, 2.75) is 85.5 Å². The lowest BCUT2D eigenvalue weighted by Gasteiger charge is -2.16. The van der Waals surface area contributed by atoms with E-state index in [1.807, 2.05) is 13.8 Å². The van der Waals surface area contributed by atoms with Gasteiger partial charge in [0.1, 0.15) is 13.2 Å². The lowest BCUT2D eigenvalue weighted by molar-refractivity contribution is -0.710. The number of hydrogen-bond donors (Lipinski definition) is 1. The maximum atomic E-state index is 11.0. The Balaban J connectivity index is 0. The molecule has 9 nitrogen and oxygen atoms in total. The van der Waals surface area contributed by atoms with Crippen molar-refractivity contribution in [2.75, 3.05) is 26.3 Å². The minimum Gasteiger partial charge on any atom is -0.569 e. The average Bonchev–Trinajstić information content (AvgIpc) is 2.72. The molecule has 0 saturated heterocycles. The van der Waals surface area contributed by atoms with Crippen LogP contribution in [0.15, 0.2) is 5.28 Å². The zero-order valence-electron chi connectivity index (χ0n) is 18.0. The maximum Gasteiger partial charge on any atom is 0.305 e. The average molecular weight is 406 g/mol. The van der Waals surface area contributed by atoms with E-state index in [0.29, 0.717) is 26.0 Å². The summed E-state index contributed by atoms with van der Waals surface area (Å²) in [6.07, 6.45) is 8.54. The third-order valence-electron chi connectivity index (χ3n) is 3.79. The third kappa shape index (κ3) is 18.7. The minimum absolute atomic E-state index is 0.0782. The molecule has 28 heavy (non-hydrogen) atoms. The molecular formula is C19H39N3O6. The van der Waals surface area contributed by atoms with Crippen LogP contribution < -0.4 is 0 Å². The SMILES string of the molecule is CCCCCCCOC(=O)CC.CCCCN(CCOC(=O)CC)/[N+]([O-])=N/O. The van der Waals surface area contributed by atoms with Gasteiger partial charge in [-0.2, -0.15) is 0 Å². The molecule has 0 unspecified atom stereocenters. The van der Waals surface area contributed by atoms with Gasteiger partial charge in [-0.15, -0.1) is 5.01 Å². The molecule has 166 valence electrons. The highest BCUT2D eigenvalue weighted by Crippen LogP contribution is 2.02. The Morgan fingerprint density at radius 3 is 1.89 bits per heavy atom. The highest BCUT2D eigenvalue weighted by atomic mass is 16.6. The molecular weight excluding hydrogens is 366 g/mol. The molecule has 0 fully saturated rings. The first kappa shape index (κ1) is 28.2. The molecule has 0 aliphatic heterocycles. The molecule has 0 spiro atoms. The van der Waals surface area contributed by atoms with Crippen LogP contribution in [0, 0.1) is 5.21 Å². The molecule has 0 saturated carbocycles. The van der Waals surface area contributed by atoms with Crippen LogP contribution in [-0.2, 0) is 19.1 Å². The molecule has 0 amide bonds. The number of carbonyl (C=O) groups is 2. The molecule has 1 N–H and O–H groups in total. The zero-order valence-corrected chi connectivity index (χ0v) is 18.0. The van der Waals surface area contributed by atoms with E-state index < -0.39 is 0 Å². The summed E-state index contributed by atoms with van der Waals surface area (Å²) >= 11 is 0. The van der Waals surface area contributed by atoms with E-state index in [2.05, 4.69) is 12.2 Å². The third-order valence-corrected chi connectivity index (χ3v) is 3.79. The molecule has 0 atom stereocenters. The summed E-state index contributed by atoms with van der Waals surface area (Å²) in [5, 5.41) is 23.2. The van der Waals surface area contributed by atoms with Gasteiger partial charge in [-0.3, -0.25) is 9.59 Å². The van der Waals surface area contributed by atoms with Gasteiger partial charge < -0.3 is 19.9 Å². The molecule has 0 heterocycles. The number of esters is 2. The van der Waals surface area contributed by atoms with Crippen LogP contribution >= 0.6 is 0 Å². The van der Waals surface area contributed by atoms with Crippen LogP contribution in [0.5, 0.6) is 0 Å². The number of hydrazine groups is 1. The van der Waals surface area contributed by atoms with Crippen LogP contribution in [0.1, 0.15) is 85.5 Å². The van der Waals surface area contributed by atoms with Crippen molar-refractivity contribution in [3.63, 3.8) is 0 Å². The molecule has 9 heteroatoms. The highest BCUT2D eigenvalue weighted by molar-refractivity contribution is 5.69. The number of ether oxygens (including phenoxy) is 2. The second kappa shape index (κ2) is 21.2. The number of carbonyl (C=O) groups excluding carboxylic acids is 2. The Morgan fingerprint density at radius 2 is 1.39 bits per heavy atom. The van der Waals surface area contributed by atoms with Gasteiger partial charge in [-0.25, -0.2) is 0 Å². The van der Waals surface area contributed by atoms with E-state index in [4.69, 9.17) is 14.7 Å². The first-order chi connectivity index (χ1) is 13.5. The summed E-state index contributed by atoms with van der Waals surface area (Å²) in [5.41, 5.74) is 0. The van der Waals surface area contributed by atoms with Gasteiger partial charge in [0.2, 0.25) is 5.28 Å². The van der Waals surface area contributed by atoms with Crippen LogP contribution in [-0.4, -0.2) is 53.4 Å². The van der Waals surface area contributed by atoms with Gasteiger partial charge in [0.25, 0.3) is 0 Å². The molecule has 0 aromatic carbocycles. The predicted octanol–water partition coefficient (Wildman–Crippen LogP) is 4.22. The normalized spacial score (nSPS) is 10.6. The second-order valence-corrected chi connectivity index (χ2v) is 6.21. The van der Waals surface area contributed by atoms with E-state index >= 15 is 0 Å². The van der Waals surface area contributed by atoms with Gasteiger partial charge >= 0.3 is 11.9 Å². The van der Waals surface area contributed by atoms with Crippen LogP contribution in [0.2, 0.25) is 0 Å². The summed E-state index contributed by atoms with van der Waals surface area (Å²) in [4.78, 5) is 21.6. The van der Waals surface area contributed by atoms with Crippen LogP contribution in [0.25, 0.3) is 0 Å². The summed E-state index contributed by atoms with van der Waals surface area (Å²) in [5.74, 6) is -0.390. The highest BCUT2D eigenvalue weighted by Gasteiger charge is 2.12. The molecule has 0 radical (unpaired) electrons. The van der Waals surface area contributed by atoms with Crippen molar-refractivity contribution in [1.29, 1.82) is 0 Å². The summed E-state index contributed by atoms with van der Waals surface area (Å²) in [6, 6.07) is 0. The summed E-state index contributed by atoms with van der Waals surface area (Å²) in [7, 11) is 0. The van der Waals surface area contributed by atoms with E-state index in [-0.39, 0.29) is 30.1 Å². The van der Waals surface area contributed by atoms with Gasteiger partial charge in [0.05, 0.1) is 18.1 Å². The van der Waals surface area contributed by atoms with Crippen molar-refractivity contribution in [2.24, 2.45) is 5.28 Å². The van der Waals surface area contributed by atoms with Crippen LogP contribution in [0.4, 0.5) is 0 Å². The van der Waals surface area contributed by atoms with Crippen molar-refractivity contribution in [1.82, 2.24) is 5.01 Å². The smallest absolute Gasteiger partial charge is 0.305 e. The monoisotopic (exact) mass is 405 g/mol. The minimum atomic E-state index is -0.311. The lowest BCUT2D eigenvalue weighted by atomic mass is 10.2. The maximum absolute atomic E-state index is 11.0. The van der Waals surface area contributed by atoms with E-state index in [0.717, 1.165) is 19.3 Å². The van der Waals surface area contributed by atoms with E-state index in [1.165, 1.54) is 30.7 Å². The topological polar surface area (TPSA) is 114 Å². The van der Waals surface area contributed by atoms with Crippen molar-refractivity contribution in [3.8, 4) is 0 Å². The summed E-state index contributed by atoms with van der Waals surface area (Å²) in [6.45, 7) is 9.10. The van der Waals surface area contributed by atoms with Crippen molar-refractivity contribution in [3.05, 3.63) is 5.21 Å². The fourth-order valence-corrected chi connectivity index (χ4v) is 2.04. The molecule has 0 aromatic rings. The number of hydrogen-bond acceptors (Lipinski definition) is 6. The Kier molecular flexibility index (Phi) is 21.4. The lowest BCUT2D eigenvalue weighted by Crippen LogP contribution is -2.35. The summed E-state index contributed by atoms with van der Waals surface area (Å²) < 4.78 is 9.76. The van der Waals surface area contributed by atoms with E-state index in [9.17, 15) is 14.8 Å². The Labute approximate surface area is 169 Å². The van der Waals surface area contributed by atoms with Gasteiger partial charge in [0.15, 0.2) is 0 Å². The zero-order chi connectivity index (χ0) is 21.6. The molecule has 0 aromatic heterocycles. The van der Waals surface area contributed by atoms with Gasteiger partial charge in [-0.05, 0) is 12.8 Å². The molecule has 0 rings (SSSR count).